The number of benzene rings is 1. The van der Waals surface area contributed by atoms with Gasteiger partial charge in [0.25, 0.3) is 0 Å². The van der Waals surface area contributed by atoms with Crippen LogP contribution in [0.15, 0.2) is 18.2 Å². The first-order chi connectivity index (χ1) is 12.5. The minimum absolute atomic E-state index is 0.0481. The van der Waals surface area contributed by atoms with E-state index < -0.39 is 36.0 Å². The molecule has 150 valence electrons. The molecule has 9 nitrogen and oxygen atoms in total. The number of aliphatic carboxylic acids is 1. The van der Waals surface area contributed by atoms with Crippen molar-refractivity contribution in [1.82, 2.24) is 0 Å². The number of aliphatic hydroxyl groups is 2. The molecule has 1 heterocycles. The van der Waals surface area contributed by atoms with Crippen LogP contribution < -0.4 is 10.5 Å². The first kappa shape index (κ1) is 20.9. The number of nitrogen functional groups attached to an aromatic ring is 1. The molecule has 2 rings (SSSR count). The summed E-state index contributed by atoms with van der Waals surface area (Å²) < 4.78 is 15.9. The van der Waals surface area contributed by atoms with Gasteiger partial charge < -0.3 is 35.3 Å². The summed E-state index contributed by atoms with van der Waals surface area (Å²) in [5.74, 6) is -1.53. The first-order valence-electron chi connectivity index (χ1n) is 8.45. The van der Waals surface area contributed by atoms with Crippen LogP contribution in [-0.2, 0) is 25.7 Å². The highest BCUT2D eigenvalue weighted by atomic mass is 16.7. The molecule has 1 aliphatic rings. The predicted molar refractivity (Wildman–Crippen MR) is 93.7 cm³/mol. The minimum Gasteiger partial charge on any atom is -0.479 e. The van der Waals surface area contributed by atoms with Crippen molar-refractivity contribution in [2.75, 3.05) is 5.73 Å². The molecular weight excluding hydrogens is 358 g/mol. The van der Waals surface area contributed by atoms with Crippen LogP contribution in [0.4, 0.5) is 5.69 Å². The van der Waals surface area contributed by atoms with Crippen LogP contribution in [0.25, 0.3) is 0 Å². The summed E-state index contributed by atoms with van der Waals surface area (Å²) in [6, 6.07) is 4.74. The Balaban J connectivity index is 2.01. The summed E-state index contributed by atoms with van der Waals surface area (Å²) >= 11 is 0. The third-order valence-electron chi connectivity index (χ3n) is 4.00. The van der Waals surface area contributed by atoms with Gasteiger partial charge in [0.15, 0.2) is 6.10 Å². The zero-order valence-electron chi connectivity index (χ0n) is 15.4. The van der Waals surface area contributed by atoms with Crippen LogP contribution >= 0.6 is 0 Å². The van der Waals surface area contributed by atoms with E-state index in [4.69, 9.17) is 25.1 Å². The van der Waals surface area contributed by atoms with Crippen molar-refractivity contribution < 1.29 is 39.1 Å². The summed E-state index contributed by atoms with van der Waals surface area (Å²) in [6.45, 7) is 5.30. The fourth-order valence-corrected chi connectivity index (χ4v) is 2.42. The smallest absolute Gasteiger partial charge is 0.335 e. The molecule has 0 bridgehead atoms. The van der Waals surface area contributed by atoms with E-state index in [-0.39, 0.29) is 30.4 Å². The van der Waals surface area contributed by atoms with E-state index in [2.05, 4.69) is 0 Å². The number of carboxylic acids is 1. The van der Waals surface area contributed by atoms with Crippen molar-refractivity contribution in [3.63, 3.8) is 0 Å². The average Bonchev–Trinajstić information content (AvgIpc) is 2.56. The summed E-state index contributed by atoms with van der Waals surface area (Å²) in [5.41, 5.74) is 6.21. The van der Waals surface area contributed by atoms with E-state index >= 15 is 0 Å². The molecule has 4 atom stereocenters. The third-order valence-corrected chi connectivity index (χ3v) is 4.00. The lowest BCUT2D eigenvalue weighted by Gasteiger charge is -2.34. The lowest BCUT2D eigenvalue weighted by molar-refractivity contribution is -0.228. The van der Waals surface area contributed by atoms with Gasteiger partial charge in [0.2, 0.25) is 6.29 Å². The monoisotopic (exact) mass is 383 g/mol. The van der Waals surface area contributed by atoms with E-state index in [1.165, 1.54) is 6.07 Å². The maximum atomic E-state index is 11.8. The van der Waals surface area contributed by atoms with E-state index in [1.807, 2.05) is 0 Å². The zero-order valence-corrected chi connectivity index (χ0v) is 15.4. The second-order valence-corrected chi connectivity index (χ2v) is 7.43. The Kier molecular flexibility index (Phi) is 6.30. The maximum absolute atomic E-state index is 11.8. The molecule has 5 N–H and O–H groups in total. The van der Waals surface area contributed by atoms with Gasteiger partial charge in [-0.25, -0.2) is 4.79 Å². The molecule has 2 unspecified atom stereocenters. The number of aliphatic hydroxyl groups excluding tert-OH is 2. The van der Waals surface area contributed by atoms with Gasteiger partial charge in [-0.3, -0.25) is 4.79 Å². The molecule has 27 heavy (non-hydrogen) atoms. The van der Waals surface area contributed by atoms with E-state index in [1.54, 1.807) is 32.9 Å². The Morgan fingerprint density at radius 2 is 1.96 bits per heavy atom. The van der Waals surface area contributed by atoms with Crippen LogP contribution in [0.2, 0.25) is 0 Å². The zero-order chi connectivity index (χ0) is 20.4. The second kappa shape index (κ2) is 8.12. The van der Waals surface area contributed by atoms with Gasteiger partial charge in [-0.1, -0.05) is 6.07 Å². The van der Waals surface area contributed by atoms with Crippen molar-refractivity contribution in [3.05, 3.63) is 23.8 Å². The molecule has 1 saturated heterocycles. The SMILES string of the molecule is CC(C)(C)C(=O)OCc1ccc(O[C@@H]2CC(O)[C@H](O)C(C(=O)O)O2)c(N)c1. The highest BCUT2D eigenvalue weighted by molar-refractivity contribution is 5.75. The Morgan fingerprint density at radius 1 is 1.30 bits per heavy atom. The number of carbonyl (C=O) groups is 2. The Bertz CT molecular complexity index is 699. The van der Waals surface area contributed by atoms with Crippen molar-refractivity contribution in [1.29, 1.82) is 0 Å². The standard InChI is InChI=1S/C18H25NO8/c1-18(2,3)17(24)25-8-9-4-5-12(10(19)6-9)26-13-7-11(20)14(21)15(27-13)16(22)23/h4-6,11,13-15,20-21H,7-8,19H2,1-3H3,(H,22,23)/t11?,13-,14-,15?/m0/s1. The van der Waals surface area contributed by atoms with E-state index in [9.17, 15) is 19.8 Å². The van der Waals surface area contributed by atoms with Gasteiger partial charge in [0.05, 0.1) is 17.2 Å². The number of hydrogen-bond acceptors (Lipinski definition) is 8. The average molecular weight is 383 g/mol. The van der Waals surface area contributed by atoms with Gasteiger partial charge in [0.1, 0.15) is 18.5 Å². The number of esters is 1. The van der Waals surface area contributed by atoms with Crippen molar-refractivity contribution in [3.8, 4) is 5.75 Å². The minimum atomic E-state index is -1.60. The number of carboxylic acid groups (broad SMARTS) is 1. The summed E-state index contributed by atoms with van der Waals surface area (Å²) in [7, 11) is 0. The number of hydrogen-bond donors (Lipinski definition) is 4. The normalized spacial score (nSPS) is 25.7. The van der Waals surface area contributed by atoms with Gasteiger partial charge >= 0.3 is 11.9 Å². The number of ether oxygens (including phenoxy) is 3. The highest BCUT2D eigenvalue weighted by Gasteiger charge is 2.42. The van der Waals surface area contributed by atoms with Crippen LogP contribution in [0.1, 0.15) is 32.8 Å². The predicted octanol–water partition coefficient (Wildman–Crippen LogP) is 0.658. The van der Waals surface area contributed by atoms with Gasteiger partial charge in [-0.2, -0.15) is 0 Å². The fraction of sp³-hybridized carbons (Fsp3) is 0.556. The maximum Gasteiger partial charge on any atom is 0.335 e. The molecule has 1 fully saturated rings. The highest BCUT2D eigenvalue weighted by Crippen LogP contribution is 2.29. The topological polar surface area (TPSA) is 149 Å². The Morgan fingerprint density at radius 3 is 2.52 bits per heavy atom. The van der Waals surface area contributed by atoms with Crippen molar-refractivity contribution >= 4 is 17.6 Å². The lowest BCUT2D eigenvalue weighted by atomic mass is 9.97. The molecule has 1 aromatic rings. The van der Waals surface area contributed by atoms with Crippen LogP contribution in [-0.4, -0.2) is 51.9 Å². The number of carbonyl (C=O) groups excluding carboxylic acids is 1. The number of nitrogens with two attached hydrogens (primary N) is 1. The molecule has 9 heteroatoms. The molecular formula is C18H25NO8. The van der Waals surface area contributed by atoms with Crippen LogP contribution in [0, 0.1) is 5.41 Å². The first-order valence-corrected chi connectivity index (χ1v) is 8.45. The number of rotatable bonds is 5. The van der Waals surface area contributed by atoms with Crippen LogP contribution in [0.3, 0.4) is 0 Å². The molecule has 0 amide bonds. The van der Waals surface area contributed by atoms with Crippen molar-refractivity contribution in [2.45, 2.75) is 58.4 Å². The molecule has 1 aliphatic heterocycles. The quantitative estimate of drug-likeness (QED) is 0.425. The van der Waals surface area contributed by atoms with E-state index in [0.717, 1.165) is 0 Å². The third kappa shape index (κ3) is 5.31. The molecule has 0 spiro atoms. The molecule has 1 aromatic carbocycles. The fourth-order valence-electron chi connectivity index (χ4n) is 2.42. The van der Waals surface area contributed by atoms with E-state index in [0.29, 0.717) is 5.56 Å². The lowest BCUT2D eigenvalue weighted by Crippen LogP contribution is -2.53. The second-order valence-electron chi connectivity index (χ2n) is 7.43. The largest absolute Gasteiger partial charge is 0.479 e. The Hall–Kier alpha value is -2.36. The van der Waals surface area contributed by atoms with Crippen LogP contribution in [0.5, 0.6) is 5.75 Å². The van der Waals surface area contributed by atoms with Gasteiger partial charge in [0, 0.05) is 6.42 Å². The summed E-state index contributed by atoms with van der Waals surface area (Å²) in [5, 5.41) is 28.5. The summed E-state index contributed by atoms with van der Waals surface area (Å²) in [6.07, 6.45) is -5.65. The molecule has 0 saturated carbocycles. The van der Waals surface area contributed by atoms with Gasteiger partial charge in [-0.15, -0.1) is 0 Å². The Labute approximate surface area is 156 Å². The molecule has 0 aliphatic carbocycles. The molecule has 0 aromatic heterocycles. The molecule has 0 radical (unpaired) electrons. The summed E-state index contributed by atoms with van der Waals surface area (Å²) in [4.78, 5) is 22.9. The van der Waals surface area contributed by atoms with Gasteiger partial charge in [-0.05, 0) is 38.5 Å². The number of anilines is 1. The van der Waals surface area contributed by atoms with Crippen molar-refractivity contribution in [2.24, 2.45) is 5.41 Å².